The zero-order chi connectivity index (χ0) is 20.8. The fourth-order valence-corrected chi connectivity index (χ4v) is 4.48. The molecule has 0 aliphatic carbocycles. The fraction of sp³-hybridized carbons (Fsp3) is 0.400. The molecule has 0 saturated carbocycles. The van der Waals surface area contributed by atoms with E-state index in [4.69, 9.17) is 4.74 Å². The number of hydrogen-bond donors (Lipinski definition) is 2. The maximum atomic E-state index is 12.7. The van der Waals surface area contributed by atoms with Gasteiger partial charge in [0.05, 0.1) is 13.7 Å². The molecule has 0 radical (unpaired) electrons. The smallest absolute Gasteiger partial charge is 0.234 e. The van der Waals surface area contributed by atoms with E-state index in [0.29, 0.717) is 13.1 Å². The normalized spacial score (nSPS) is 17.6. The predicted octanol–water partition coefficient (Wildman–Crippen LogP) is 4.45. The van der Waals surface area contributed by atoms with Crippen LogP contribution < -0.4 is 10.1 Å². The molecular weight excluding hydrogens is 374 g/mol. The first-order valence-corrected chi connectivity index (χ1v) is 10.9. The molecule has 0 spiro atoms. The summed E-state index contributed by atoms with van der Waals surface area (Å²) >= 11 is 0. The topological polar surface area (TPSA) is 57.4 Å². The second kappa shape index (κ2) is 9.81. The summed E-state index contributed by atoms with van der Waals surface area (Å²) in [5, 5.41) is 4.36. The van der Waals surface area contributed by atoms with E-state index in [-0.39, 0.29) is 11.9 Å². The lowest BCUT2D eigenvalue weighted by Gasteiger charge is -2.29. The van der Waals surface area contributed by atoms with Gasteiger partial charge in [-0.1, -0.05) is 43.2 Å². The number of hydrogen-bond acceptors (Lipinski definition) is 3. The van der Waals surface area contributed by atoms with E-state index in [1.54, 1.807) is 7.11 Å². The lowest BCUT2D eigenvalue weighted by molar-refractivity contribution is -0.122. The first-order chi connectivity index (χ1) is 14.7. The Balaban J connectivity index is 1.35. The molecule has 0 bridgehead atoms. The number of amides is 1. The number of para-hydroxylation sites is 1. The Morgan fingerprint density at radius 1 is 1.13 bits per heavy atom. The highest BCUT2D eigenvalue weighted by atomic mass is 16.5. The quantitative estimate of drug-likeness (QED) is 0.610. The third-order valence-electron chi connectivity index (χ3n) is 6.10. The number of aromatic amines is 1. The van der Waals surface area contributed by atoms with Crippen LogP contribution in [-0.2, 0) is 11.2 Å². The van der Waals surface area contributed by atoms with Crippen molar-refractivity contribution in [2.24, 2.45) is 0 Å². The van der Waals surface area contributed by atoms with E-state index in [0.717, 1.165) is 37.1 Å². The Labute approximate surface area is 178 Å². The highest BCUT2D eigenvalue weighted by Gasteiger charge is 2.24. The Morgan fingerprint density at radius 2 is 1.97 bits per heavy atom. The predicted molar refractivity (Wildman–Crippen MR) is 121 cm³/mol. The molecule has 1 fully saturated rings. The summed E-state index contributed by atoms with van der Waals surface area (Å²) in [5.41, 5.74) is 3.66. The number of benzene rings is 2. The Bertz CT molecular complexity index is 964. The molecule has 2 heterocycles. The van der Waals surface area contributed by atoms with Gasteiger partial charge in [-0.15, -0.1) is 0 Å². The molecule has 30 heavy (non-hydrogen) atoms. The molecule has 1 atom stereocenters. The second-order valence-electron chi connectivity index (χ2n) is 8.07. The van der Waals surface area contributed by atoms with Crippen LogP contribution >= 0.6 is 0 Å². The highest BCUT2D eigenvalue weighted by molar-refractivity contribution is 5.83. The van der Waals surface area contributed by atoms with Crippen LogP contribution in [0.5, 0.6) is 5.75 Å². The van der Waals surface area contributed by atoms with Crippen molar-refractivity contribution in [3.05, 3.63) is 65.9 Å². The summed E-state index contributed by atoms with van der Waals surface area (Å²) in [6.07, 6.45) is 7.55. The number of nitrogens with zero attached hydrogens (tertiary/aromatic N) is 1. The molecule has 0 unspecified atom stereocenters. The zero-order valence-corrected chi connectivity index (χ0v) is 17.7. The molecule has 2 N–H and O–H groups in total. The summed E-state index contributed by atoms with van der Waals surface area (Å²) in [6, 6.07) is 16.9. The largest absolute Gasteiger partial charge is 0.497 e. The van der Waals surface area contributed by atoms with Crippen LogP contribution in [0.4, 0.5) is 0 Å². The third-order valence-corrected chi connectivity index (χ3v) is 6.10. The number of H-pyrrole nitrogens is 1. The monoisotopic (exact) mass is 405 g/mol. The molecule has 5 heteroatoms. The Kier molecular flexibility index (Phi) is 6.70. The number of aromatic nitrogens is 1. The van der Waals surface area contributed by atoms with Crippen LogP contribution in [0.25, 0.3) is 10.9 Å². The van der Waals surface area contributed by atoms with Gasteiger partial charge in [0.2, 0.25) is 5.91 Å². The molecule has 158 valence electrons. The Hall–Kier alpha value is -2.79. The van der Waals surface area contributed by atoms with E-state index in [9.17, 15) is 4.79 Å². The van der Waals surface area contributed by atoms with E-state index < -0.39 is 0 Å². The number of likely N-dealkylation sites (tertiary alicyclic amines) is 1. The van der Waals surface area contributed by atoms with Crippen LogP contribution in [0.2, 0.25) is 0 Å². The number of ether oxygens (including phenoxy) is 1. The van der Waals surface area contributed by atoms with Crippen LogP contribution in [0, 0.1) is 0 Å². The SMILES string of the molecule is COc1ccc([C@H]2CCCCCN2CC(=O)NCCc2c[nH]c3ccccc23)cc1. The van der Waals surface area contributed by atoms with Crippen molar-refractivity contribution >= 4 is 16.8 Å². The van der Waals surface area contributed by atoms with Crippen LogP contribution in [0.15, 0.2) is 54.7 Å². The van der Waals surface area contributed by atoms with Crippen molar-refractivity contribution in [3.63, 3.8) is 0 Å². The molecule has 1 aromatic heterocycles. The van der Waals surface area contributed by atoms with Gasteiger partial charge in [-0.05, 0) is 55.1 Å². The maximum Gasteiger partial charge on any atom is 0.234 e. The van der Waals surface area contributed by atoms with Crippen molar-refractivity contribution in [2.45, 2.75) is 38.1 Å². The molecular formula is C25H31N3O2. The summed E-state index contributed by atoms with van der Waals surface area (Å²) < 4.78 is 5.29. The van der Waals surface area contributed by atoms with Gasteiger partial charge < -0.3 is 15.0 Å². The van der Waals surface area contributed by atoms with E-state index in [1.807, 2.05) is 24.4 Å². The van der Waals surface area contributed by atoms with Gasteiger partial charge in [0.15, 0.2) is 0 Å². The first-order valence-electron chi connectivity index (χ1n) is 10.9. The van der Waals surface area contributed by atoms with Gasteiger partial charge in [-0.25, -0.2) is 0 Å². The highest BCUT2D eigenvalue weighted by Crippen LogP contribution is 2.30. The van der Waals surface area contributed by atoms with E-state index in [2.05, 4.69) is 45.5 Å². The number of methoxy groups -OCH3 is 1. The van der Waals surface area contributed by atoms with E-state index in [1.165, 1.54) is 29.4 Å². The first kappa shape index (κ1) is 20.5. The summed E-state index contributed by atoms with van der Waals surface area (Å²) in [7, 11) is 1.69. The third kappa shape index (κ3) is 4.85. The molecule has 1 aliphatic heterocycles. The van der Waals surface area contributed by atoms with Crippen molar-refractivity contribution in [2.75, 3.05) is 26.7 Å². The van der Waals surface area contributed by atoms with Gasteiger partial charge in [0, 0.05) is 29.7 Å². The van der Waals surface area contributed by atoms with Gasteiger partial charge in [-0.3, -0.25) is 9.69 Å². The van der Waals surface area contributed by atoms with Gasteiger partial charge in [-0.2, -0.15) is 0 Å². The number of nitrogens with one attached hydrogen (secondary N) is 2. The fourth-order valence-electron chi connectivity index (χ4n) is 4.48. The Morgan fingerprint density at radius 3 is 2.80 bits per heavy atom. The van der Waals surface area contributed by atoms with Crippen LogP contribution in [0.3, 0.4) is 0 Å². The molecule has 5 nitrogen and oxygen atoms in total. The summed E-state index contributed by atoms with van der Waals surface area (Å²) in [5.74, 6) is 0.976. The number of carbonyl (C=O) groups excluding carboxylic acids is 1. The van der Waals surface area contributed by atoms with Crippen LogP contribution in [0.1, 0.15) is 42.9 Å². The summed E-state index contributed by atoms with van der Waals surface area (Å²) in [6.45, 7) is 2.07. The van der Waals surface area contributed by atoms with Gasteiger partial charge in [0.25, 0.3) is 0 Å². The number of fused-ring (bicyclic) bond motifs is 1. The molecule has 1 saturated heterocycles. The lowest BCUT2D eigenvalue weighted by atomic mass is 10.0. The average Bonchev–Trinajstić information content (AvgIpc) is 3.04. The number of carbonyl (C=O) groups is 1. The molecule has 3 aromatic rings. The van der Waals surface area contributed by atoms with Gasteiger partial charge >= 0.3 is 0 Å². The minimum Gasteiger partial charge on any atom is -0.497 e. The molecule has 1 aliphatic rings. The van der Waals surface area contributed by atoms with Crippen molar-refractivity contribution in [3.8, 4) is 5.75 Å². The molecule has 2 aromatic carbocycles. The molecule has 1 amide bonds. The lowest BCUT2D eigenvalue weighted by Crippen LogP contribution is -2.39. The number of rotatable bonds is 7. The van der Waals surface area contributed by atoms with Crippen molar-refractivity contribution < 1.29 is 9.53 Å². The van der Waals surface area contributed by atoms with E-state index >= 15 is 0 Å². The van der Waals surface area contributed by atoms with Crippen molar-refractivity contribution in [1.82, 2.24) is 15.2 Å². The summed E-state index contributed by atoms with van der Waals surface area (Å²) in [4.78, 5) is 18.4. The van der Waals surface area contributed by atoms with Gasteiger partial charge in [0.1, 0.15) is 5.75 Å². The zero-order valence-electron chi connectivity index (χ0n) is 17.7. The average molecular weight is 406 g/mol. The standard InChI is InChI=1S/C25H31N3O2/c1-30-21-12-10-19(11-13-21)24-9-3-2-6-16-28(24)18-25(29)26-15-14-20-17-27-23-8-5-4-7-22(20)23/h4-5,7-8,10-13,17,24,27H,2-3,6,9,14-16,18H2,1H3,(H,26,29)/t24-/m1/s1. The maximum absolute atomic E-state index is 12.7. The minimum atomic E-state index is 0.107. The van der Waals surface area contributed by atoms with Crippen LogP contribution in [-0.4, -0.2) is 42.5 Å². The second-order valence-corrected chi connectivity index (χ2v) is 8.07. The van der Waals surface area contributed by atoms with Crippen molar-refractivity contribution in [1.29, 1.82) is 0 Å². The minimum absolute atomic E-state index is 0.107. The molecule has 4 rings (SSSR count).